The standard InChI is InChI=1S/C26H35ClF2N2O2/c1-17-15-30(7-8-31(17)25(33)20-5-3-4-6-20)16-22-11-23(27)10-21(18(22)2)12-24(32)9-19-13-26(28,29)14-19/h10-11,17,19-20H,3-9,12-16H2,1-2H3/t17-/m0/s1. The highest BCUT2D eigenvalue weighted by atomic mass is 35.5. The maximum Gasteiger partial charge on any atom is 0.248 e. The summed E-state index contributed by atoms with van der Waals surface area (Å²) in [6.07, 6.45) is 4.48. The molecule has 0 N–H and O–H groups in total. The monoisotopic (exact) mass is 480 g/mol. The molecule has 3 fully saturated rings. The highest BCUT2D eigenvalue weighted by molar-refractivity contribution is 6.30. The van der Waals surface area contributed by atoms with Crippen LogP contribution in [0.5, 0.6) is 0 Å². The van der Waals surface area contributed by atoms with Gasteiger partial charge in [-0.15, -0.1) is 0 Å². The number of nitrogens with zero attached hydrogens (tertiary/aromatic N) is 2. The number of piperazine rings is 1. The van der Waals surface area contributed by atoms with Gasteiger partial charge in [-0.1, -0.05) is 24.4 Å². The van der Waals surface area contributed by atoms with Gasteiger partial charge >= 0.3 is 0 Å². The molecule has 4 nitrogen and oxygen atoms in total. The summed E-state index contributed by atoms with van der Waals surface area (Å²) in [5, 5.41) is 0.594. The summed E-state index contributed by atoms with van der Waals surface area (Å²) >= 11 is 6.39. The van der Waals surface area contributed by atoms with Gasteiger partial charge in [-0.3, -0.25) is 14.5 Å². The van der Waals surface area contributed by atoms with Gasteiger partial charge in [0.1, 0.15) is 5.78 Å². The first-order valence-electron chi connectivity index (χ1n) is 12.3. The third-order valence-electron chi connectivity index (χ3n) is 7.76. The van der Waals surface area contributed by atoms with E-state index in [0.717, 1.165) is 68.6 Å². The van der Waals surface area contributed by atoms with E-state index in [4.69, 9.17) is 11.6 Å². The third kappa shape index (κ3) is 5.94. The van der Waals surface area contributed by atoms with E-state index in [2.05, 4.69) is 16.7 Å². The number of benzene rings is 1. The van der Waals surface area contributed by atoms with Gasteiger partial charge in [0.15, 0.2) is 0 Å². The Bertz CT molecular complexity index is 893. The summed E-state index contributed by atoms with van der Waals surface area (Å²) in [6.45, 7) is 7.23. The minimum absolute atomic E-state index is 0.000483. The van der Waals surface area contributed by atoms with E-state index in [-0.39, 0.29) is 49.3 Å². The van der Waals surface area contributed by atoms with Gasteiger partial charge in [0.05, 0.1) is 0 Å². The number of hydrogen-bond acceptors (Lipinski definition) is 3. The molecular formula is C26H35ClF2N2O2. The molecule has 2 aliphatic carbocycles. The molecule has 0 spiro atoms. The molecule has 3 aliphatic rings. The summed E-state index contributed by atoms with van der Waals surface area (Å²) in [5.74, 6) is -2.26. The summed E-state index contributed by atoms with van der Waals surface area (Å²) in [7, 11) is 0. The van der Waals surface area contributed by atoms with Crippen molar-refractivity contribution in [2.45, 2.75) is 83.7 Å². The number of carbonyl (C=O) groups is 2. The number of ketones is 1. The maximum atomic E-state index is 13.1. The predicted molar refractivity (Wildman–Crippen MR) is 126 cm³/mol. The van der Waals surface area contributed by atoms with Gasteiger partial charge in [-0.05, 0) is 61.4 Å². The van der Waals surface area contributed by atoms with Gasteiger partial charge in [0.2, 0.25) is 11.8 Å². The van der Waals surface area contributed by atoms with Gasteiger partial charge in [0, 0.05) is 68.8 Å². The van der Waals surface area contributed by atoms with Crippen molar-refractivity contribution in [1.82, 2.24) is 9.80 Å². The molecule has 1 aromatic carbocycles. The Morgan fingerprint density at radius 3 is 2.42 bits per heavy atom. The van der Waals surface area contributed by atoms with Crippen molar-refractivity contribution in [2.75, 3.05) is 19.6 Å². The minimum atomic E-state index is -2.59. The van der Waals surface area contributed by atoms with Crippen LogP contribution in [0, 0.1) is 18.8 Å². The van der Waals surface area contributed by atoms with Crippen LogP contribution in [0.15, 0.2) is 12.1 Å². The van der Waals surface area contributed by atoms with Gasteiger partial charge in [-0.25, -0.2) is 8.78 Å². The van der Waals surface area contributed by atoms with Crippen LogP contribution < -0.4 is 0 Å². The van der Waals surface area contributed by atoms with Crippen LogP contribution in [-0.2, 0) is 22.6 Å². The van der Waals surface area contributed by atoms with Crippen LogP contribution in [-0.4, -0.2) is 53.1 Å². The molecule has 4 rings (SSSR count). The lowest BCUT2D eigenvalue weighted by Gasteiger charge is -2.41. The number of amides is 1. The lowest BCUT2D eigenvalue weighted by molar-refractivity contribution is -0.140. The molecule has 1 heterocycles. The Labute approximate surface area is 200 Å². The Balaban J connectivity index is 1.35. The molecule has 33 heavy (non-hydrogen) atoms. The zero-order valence-corrected chi connectivity index (χ0v) is 20.5. The number of Topliss-reactive ketones (excluding diaryl/α,β-unsaturated/α-hetero) is 1. The SMILES string of the molecule is Cc1c(CC(=O)CC2CC(F)(F)C2)cc(Cl)cc1CN1CCN(C(=O)C2CCCC2)[C@@H](C)C1. The summed E-state index contributed by atoms with van der Waals surface area (Å²) in [6, 6.07) is 3.96. The summed E-state index contributed by atoms with van der Waals surface area (Å²) in [4.78, 5) is 29.8. The van der Waals surface area contributed by atoms with Gasteiger partial charge < -0.3 is 4.90 Å². The van der Waals surface area contributed by atoms with Crippen LogP contribution >= 0.6 is 11.6 Å². The van der Waals surface area contributed by atoms with Crippen molar-refractivity contribution >= 4 is 23.3 Å². The molecular weight excluding hydrogens is 446 g/mol. The zero-order valence-electron chi connectivity index (χ0n) is 19.7. The number of hydrogen-bond donors (Lipinski definition) is 0. The van der Waals surface area contributed by atoms with E-state index in [1.807, 2.05) is 19.1 Å². The van der Waals surface area contributed by atoms with Crippen LogP contribution in [0.25, 0.3) is 0 Å². The number of alkyl halides is 2. The Kier molecular flexibility index (Phi) is 7.44. The maximum absolute atomic E-state index is 13.1. The lowest BCUT2D eigenvalue weighted by atomic mass is 9.77. The highest BCUT2D eigenvalue weighted by Crippen LogP contribution is 2.44. The highest BCUT2D eigenvalue weighted by Gasteiger charge is 2.45. The predicted octanol–water partition coefficient (Wildman–Crippen LogP) is 5.42. The minimum Gasteiger partial charge on any atom is -0.337 e. The average Bonchev–Trinajstić information content (AvgIpc) is 3.24. The summed E-state index contributed by atoms with van der Waals surface area (Å²) < 4.78 is 26.2. The fourth-order valence-corrected chi connectivity index (χ4v) is 6.10. The Morgan fingerprint density at radius 1 is 1.12 bits per heavy atom. The quantitative estimate of drug-likeness (QED) is 0.523. The summed E-state index contributed by atoms with van der Waals surface area (Å²) in [5.41, 5.74) is 3.02. The van der Waals surface area contributed by atoms with Crippen molar-refractivity contribution < 1.29 is 18.4 Å². The molecule has 2 saturated carbocycles. The lowest BCUT2D eigenvalue weighted by Crippen LogP contribution is -2.54. The molecule has 1 atom stereocenters. The van der Waals surface area contributed by atoms with E-state index >= 15 is 0 Å². The normalized spacial score (nSPS) is 24.2. The first-order valence-corrected chi connectivity index (χ1v) is 12.7. The molecule has 0 unspecified atom stereocenters. The molecule has 1 aliphatic heterocycles. The van der Waals surface area contributed by atoms with Crippen LogP contribution in [0.3, 0.4) is 0 Å². The van der Waals surface area contributed by atoms with Crippen molar-refractivity contribution in [3.63, 3.8) is 0 Å². The van der Waals surface area contributed by atoms with E-state index in [1.165, 1.54) is 0 Å². The van der Waals surface area contributed by atoms with Crippen LogP contribution in [0.2, 0.25) is 5.02 Å². The first kappa shape index (κ1) is 24.6. The second-order valence-corrected chi connectivity index (χ2v) is 10.9. The fourth-order valence-electron chi connectivity index (χ4n) is 5.83. The largest absolute Gasteiger partial charge is 0.337 e. The van der Waals surface area contributed by atoms with Crippen molar-refractivity contribution in [2.24, 2.45) is 11.8 Å². The fraction of sp³-hybridized carbons (Fsp3) is 0.692. The second kappa shape index (κ2) is 9.99. The second-order valence-electron chi connectivity index (χ2n) is 10.5. The molecule has 7 heteroatoms. The smallest absolute Gasteiger partial charge is 0.248 e. The van der Waals surface area contributed by atoms with Crippen molar-refractivity contribution in [3.8, 4) is 0 Å². The first-order chi connectivity index (χ1) is 15.6. The van der Waals surface area contributed by atoms with Crippen LogP contribution in [0.4, 0.5) is 8.78 Å². The Hall–Kier alpha value is -1.53. The topological polar surface area (TPSA) is 40.6 Å². The van der Waals surface area contributed by atoms with Gasteiger partial charge in [0.25, 0.3) is 0 Å². The zero-order chi connectivity index (χ0) is 23.8. The third-order valence-corrected chi connectivity index (χ3v) is 7.98. The Morgan fingerprint density at radius 2 is 1.79 bits per heavy atom. The van der Waals surface area contributed by atoms with Gasteiger partial charge in [-0.2, -0.15) is 0 Å². The number of carbonyl (C=O) groups excluding carboxylic acids is 2. The van der Waals surface area contributed by atoms with E-state index in [0.29, 0.717) is 10.9 Å². The molecule has 1 amide bonds. The molecule has 0 radical (unpaired) electrons. The number of rotatable bonds is 7. The van der Waals surface area contributed by atoms with Crippen LogP contribution in [0.1, 0.15) is 68.6 Å². The van der Waals surface area contributed by atoms with E-state index in [9.17, 15) is 18.4 Å². The molecule has 182 valence electrons. The number of halogens is 3. The molecule has 0 aromatic heterocycles. The van der Waals surface area contributed by atoms with Crippen molar-refractivity contribution in [3.05, 3.63) is 33.8 Å². The van der Waals surface area contributed by atoms with E-state index in [1.54, 1.807) is 0 Å². The van der Waals surface area contributed by atoms with E-state index < -0.39 is 5.92 Å². The molecule has 0 bridgehead atoms. The molecule has 1 saturated heterocycles. The van der Waals surface area contributed by atoms with Crippen molar-refractivity contribution in [1.29, 1.82) is 0 Å². The molecule has 1 aromatic rings. The average molecular weight is 481 g/mol.